The monoisotopic (exact) mass is 350 g/mol. The maximum absolute atomic E-state index is 9.91. The number of fused-ring (bicyclic) bond motifs is 3. The fourth-order valence-electron chi connectivity index (χ4n) is 5.18. The van der Waals surface area contributed by atoms with E-state index in [0.717, 1.165) is 6.42 Å². The van der Waals surface area contributed by atoms with Gasteiger partial charge in [0.2, 0.25) is 0 Å². The zero-order chi connectivity index (χ0) is 18.5. The molecule has 2 atom stereocenters. The Balaban J connectivity index is 1.95. The van der Waals surface area contributed by atoms with Gasteiger partial charge in [-0.1, -0.05) is 91.9 Å². The van der Waals surface area contributed by atoms with Crippen LogP contribution in [0.5, 0.6) is 5.75 Å². The van der Waals surface area contributed by atoms with Crippen molar-refractivity contribution < 1.29 is 5.11 Å². The van der Waals surface area contributed by atoms with Gasteiger partial charge in [-0.2, -0.15) is 0 Å². The smallest absolute Gasteiger partial charge is 0.115 e. The van der Waals surface area contributed by atoms with Gasteiger partial charge in [-0.05, 0) is 46.4 Å². The Morgan fingerprint density at radius 2 is 1.37 bits per heavy atom. The molecule has 1 heteroatoms. The van der Waals surface area contributed by atoms with Gasteiger partial charge >= 0.3 is 0 Å². The Labute approximate surface area is 160 Å². The molecule has 5 rings (SSSR count). The third-order valence-corrected chi connectivity index (χ3v) is 6.36. The van der Waals surface area contributed by atoms with Crippen LogP contribution in [-0.4, -0.2) is 5.11 Å². The lowest BCUT2D eigenvalue weighted by Gasteiger charge is -2.39. The Hall–Kier alpha value is -3.06. The molecule has 0 heterocycles. The van der Waals surface area contributed by atoms with E-state index in [9.17, 15) is 5.11 Å². The van der Waals surface area contributed by atoms with Crippen molar-refractivity contribution in [2.75, 3.05) is 0 Å². The quantitative estimate of drug-likeness (QED) is 0.611. The normalized spacial score (nSPS) is 25.6. The lowest BCUT2D eigenvalue weighted by Crippen LogP contribution is -2.34. The number of allylic oxidation sites excluding steroid dienone is 4. The average molecular weight is 350 g/mol. The summed E-state index contributed by atoms with van der Waals surface area (Å²) in [7, 11) is 0. The van der Waals surface area contributed by atoms with Crippen LogP contribution in [0, 0.1) is 0 Å². The number of phenolic OH excluding ortho intramolecular Hbond substituents is 1. The summed E-state index contributed by atoms with van der Waals surface area (Å²) < 4.78 is 0. The highest BCUT2D eigenvalue weighted by Gasteiger charge is 2.55. The van der Waals surface area contributed by atoms with Crippen molar-refractivity contribution in [2.24, 2.45) is 0 Å². The minimum atomic E-state index is -0.342. The molecular weight excluding hydrogens is 328 g/mol. The highest BCUT2D eigenvalue weighted by Crippen LogP contribution is 2.61. The molecule has 3 aromatic rings. The second kappa shape index (κ2) is 5.72. The summed E-state index contributed by atoms with van der Waals surface area (Å²) in [4.78, 5) is 0. The fourth-order valence-corrected chi connectivity index (χ4v) is 5.18. The minimum absolute atomic E-state index is 0.0287. The molecule has 1 nitrogen and oxygen atoms in total. The Morgan fingerprint density at radius 1 is 0.741 bits per heavy atom. The van der Waals surface area contributed by atoms with Crippen LogP contribution in [-0.2, 0) is 10.8 Å². The summed E-state index contributed by atoms with van der Waals surface area (Å²) in [5.74, 6) is 0.300. The van der Waals surface area contributed by atoms with Crippen molar-refractivity contribution in [3.63, 3.8) is 0 Å². The number of benzene rings is 3. The first kappa shape index (κ1) is 16.1. The van der Waals surface area contributed by atoms with E-state index in [2.05, 4.69) is 91.9 Å². The van der Waals surface area contributed by atoms with Gasteiger partial charge in [-0.3, -0.25) is 0 Å². The van der Waals surface area contributed by atoms with Crippen molar-refractivity contribution in [1.82, 2.24) is 0 Å². The zero-order valence-electron chi connectivity index (χ0n) is 15.4. The maximum atomic E-state index is 9.91. The molecule has 0 aliphatic heterocycles. The molecule has 0 amide bonds. The van der Waals surface area contributed by atoms with Crippen LogP contribution in [0.4, 0.5) is 0 Å². The van der Waals surface area contributed by atoms with Gasteiger partial charge in [0, 0.05) is 5.41 Å². The molecule has 0 bridgehead atoms. The summed E-state index contributed by atoms with van der Waals surface area (Å²) in [6.45, 7) is 2.37. The van der Waals surface area contributed by atoms with Crippen molar-refractivity contribution in [1.29, 1.82) is 0 Å². The average Bonchev–Trinajstić information content (AvgIpc) is 2.96. The molecule has 2 aliphatic carbocycles. The molecule has 0 radical (unpaired) electrons. The van der Waals surface area contributed by atoms with Crippen molar-refractivity contribution in [3.8, 4) is 5.75 Å². The molecule has 0 aromatic heterocycles. The SMILES string of the molecule is CC12CC=CC=C1C(c1ccccc1)(c1ccc(O)cc1)c1ccccc12. The Kier molecular flexibility index (Phi) is 3.42. The fraction of sp³-hybridized carbons (Fsp3) is 0.154. The molecule has 1 N–H and O–H groups in total. The molecule has 0 fully saturated rings. The van der Waals surface area contributed by atoms with Crippen LogP contribution in [0.3, 0.4) is 0 Å². The summed E-state index contributed by atoms with van der Waals surface area (Å²) in [5.41, 5.74) is 6.26. The molecule has 132 valence electrons. The van der Waals surface area contributed by atoms with Crippen LogP contribution in [0.1, 0.15) is 35.6 Å². The lowest BCUT2D eigenvalue weighted by atomic mass is 9.63. The molecule has 2 aliphatic rings. The minimum Gasteiger partial charge on any atom is -0.508 e. The van der Waals surface area contributed by atoms with E-state index in [1.54, 1.807) is 12.1 Å². The Morgan fingerprint density at radius 3 is 2.11 bits per heavy atom. The third-order valence-electron chi connectivity index (χ3n) is 6.36. The van der Waals surface area contributed by atoms with Gasteiger partial charge in [0.1, 0.15) is 5.75 Å². The Bertz CT molecular complexity index is 1060. The molecule has 0 saturated carbocycles. The number of aromatic hydroxyl groups is 1. The zero-order valence-corrected chi connectivity index (χ0v) is 15.4. The molecule has 3 aromatic carbocycles. The first-order valence-electron chi connectivity index (χ1n) is 9.50. The van der Waals surface area contributed by atoms with E-state index in [0.29, 0.717) is 5.75 Å². The summed E-state index contributed by atoms with van der Waals surface area (Å²) in [5, 5.41) is 9.91. The van der Waals surface area contributed by atoms with Gasteiger partial charge in [0.25, 0.3) is 0 Å². The van der Waals surface area contributed by atoms with Gasteiger partial charge in [-0.15, -0.1) is 0 Å². The van der Waals surface area contributed by atoms with Crippen LogP contribution < -0.4 is 0 Å². The molecule has 0 saturated heterocycles. The first-order valence-corrected chi connectivity index (χ1v) is 9.50. The van der Waals surface area contributed by atoms with Crippen LogP contribution >= 0.6 is 0 Å². The van der Waals surface area contributed by atoms with Gasteiger partial charge < -0.3 is 5.11 Å². The highest BCUT2D eigenvalue weighted by molar-refractivity contribution is 5.71. The number of phenols is 1. The lowest BCUT2D eigenvalue weighted by molar-refractivity contribution is 0.474. The summed E-state index contributed by atoms with van der Waals surface area (Å²) >= 11 is 0. The predicted molar refractivity (Wildman–Crippen MR) is 110 cm³/mol. The van der Waals surface area contributed by atoms with Gasteiger partial charge in [0.15, 0.2) is 0 Å². The number of rotatable bonds is 2. The standard InChI is InChI=1S/C26H22O/c1-25-18-8-7-13-24(25)26(19-9-3-2-4-10-19,20-14-16-21(27)17-15-20)23-12-6-5-11-22(23)25/h2-17,27H,18H2,1H3. The van der Waals surface area contributed by atoms with Gasteiger partial charge in [0.05, 0.1) is 5.41 Å². The molecule has 2 unspecified atom stereocenters. The largest absolute Gasteiger partial charge is 0.508 e. The van der Waals surface area contributed by atoms with Crippen molar-refractivity contribution in [3.05, 3.63) is 125 Å². The number of hydrogen-bond acceptors (Lipinski definition) is 1. The van der Waals surface area contributed by atoms with E-state index in [4.69, 9.17) is 0 Å². The van der Waals surface area contributed by atoms with Crippen LogP contribution in [0.2, 0.25) is 0 Å². The number of hydrogen-bond donors (Lipinski definition) is 1. The molecule has 27 heavy (non-hydrogen) atoms. The summed E-state index contributed by atoms with van der Waals surface area (Å²) in [6.07, 6.45) is 7.78. The maximum Gasteiger partial charge on any atom is 0.115 e. The highest BCUT2D eigenvalue weighted by atomic mass is 16.3. The second-order valence-electron chi connectivity index (χ2n) is 7.75. The third kappa shape index (κ3) is 2.06. The van der Waals surface area contributed by atoms with Gasteiger partial charge in [-0.25, -0.2) is 0 Å². The molecule has 0 spiro atoms. The van der Waals surface area contributed by atoms with E-state index in [-0.39, 0.29) is 10.8 Å². The van der Waals surface area contributed by atoms with Crippen molar-refractivity contribution in [2.45, 2.75) is 24.2 Å². The van der Waals surface area contributed by atoms with E-state index in [1.165, 1.54) is 27.8 Å². The second-order valence-corrected chi connectivity index (χ2v) is 7.75. The summed E-state index contributed by atoms with van der Waals surface area (Å²) in [6, 6.07) is 27.4. The van der Waals surface area contributed by atoms with E-state index >= 15 is 0 Å². The van der Waals surface area contributed by atoms with Crippen LogP contribution in [0.15, 0.2) is 103 Å². The van der Waals surface area contributed by atoms with E-state index < -0.39 is 0 Å². The molecular formula is C26H22O. The van der Waals surface area contributed by atoms with Crippen LogP contribution in [0.25, 0.3) is 0 Å². The van der Waals surface area contributed by atoms with Crippen molar-refractivity contribution >= 4 is 0 Å². The first-order chi connectivity index (χ1) is 13.2. The topological polar surface area (TPSA) is 20.2 Å². The predicted octanol–water partition coefficient (Wildman–Crippen LogP) is 5.88. The van der Waals surface area contributed by atoms with E-state index in [1.807, 2.05) is 0 Å².